The zero-order valence-corrected chi connectivity index (χ0v) is 11.0. The second-order valence-corrected chi connectivity index (χ2v) is 4.49. The molecule has 0 aromatic heterocycles. The summed E-state index contributed by atoms with van der Waals surface area (Å²) in [6, 6.07) is 14.9. The fourth-order valence-electron chi connectivity index (χ4n) is 1.62. The predicted octanol–water partition coefficient (Wildman–Crippen LogP) is 3.72. The minimum absolute atomic E-state index is 0.0228. The summed E-state index contributed by atoms with van der Waals surface area (Å²) in [5, 5.41) is 3.02. The largest absolute Gasteiger partial charge is 0.388 e. The number of hydrogen-bond donors (Lipinski definition) is 1. The molecular weight excluding hydrogens is 278 g/mol. The van der Waals surface area contributed by atoms with E-state index in [0.717, 1.165) is 10.2 Å². The first-order chi connectivity index (χ1) is 8.22. The van der Waals surface area contributed by atoms with Crippen molar-refractivity contribution < 1.29 is 4.79 Å². The number of rotatable bonds is 3. The smallest absolute Gasteiger partial charge is 0.194 e. The van der Waals surface area contributed by atoms with Crippen LogP contribution in [-0.4, -0.2) is 12.8 Å². The second kappa shape index (κ2) is 5.15. The molecule has 0 bridgehead atoms. The molecule has 0 heterocycles. The van der Waals surface area contributed by atoms with Gasteiger partial charge in [-0.05, 0) is 24.3 Å². The lowest BCUT2D eigenvalue weighted by Crippen LogP contribution is -2.02. The lowest BCUT2D eigenvalue weighted by molar-refractivity contribution is 0.103. The number of anilines is 1. The van der Waals surface area contributed by atoms with Gasteiger partial charge in [-0.15, -0.1) is 0 Å². The van der Waals surface area contributed by atoms with Gasteiger partial charge in [-0.2, -0.15) is 0 Å². The predicted molar refractivity (Wildman–Crippen MR) is 73.6 cm³/mol. The van der Waals surface area contributed by atoms with Gasteiger partial charge in [0.25, 0.3) is 0 Å². The highest BCUT2D eigenvalue weighted by atomic mass is 79.9. The third-order valence-electron chi connectivity index (χ3n) is 2.53. The molecule has 2 nitrogen and oxygen atoms in total. The molecule has 0 saturated carbocycles. The maximum atomic E-state index is 12.3. The van der Waals surface area contributed by atoms with E-state index in [1.807, 2.05) is 55.6 Å². The molecule has 0 aliphatic rings. The summed E-state index contributed by atoms with van der Waals surface area (Å²) in [5.74, 6) is 0.0228. The maximum Gasteiger partial charge on any atom is 0.194 e. The van der Waals surface area contributed by atoms with Crippen LogP contribution in [0.3, 0.4) is 0 Å². The monoisotopic (exact) mass is 289 g/mol. The SMILES string of the molecule is CNc1cccc(C(=O)c2ccccc2Br)c1. The number of benzene rings is 2. The summed E-state index contributed by atoms with van der Waals surface area (Å²) in [7, 11) is 1.84. The van der Waals surface area contributed by atoms with Crippen LogP contribution in [0.1, 0.15) is 15.9 Å². The molecule has 0 unspecified atom stereocenters. The molecule has 2 rings (SSSR count). The number of carbonyl (C=O) groups excluding carboxylic acids is 1. The number of carbonyl (C=O) groups is 1. The van der Waals surface area contributed by atoms with Gasteiger partial charge in [-0.1, -0.05) is 40.2 Å². The highest BCUT2D eigenvalue weighted by Gasteiger charge is 2.11. The molecular formula is C14H12BrNO. The molecule has 0 aliphatic heterocycles. The van der Waals surface area contributed by atoms with E-state index < -0.39 is 0 Å². The lowest BCUT2D eigenvalue weighted by Gasteiger charge is -2.05. The third-order valence-corrected chi connectivity index (χ3v) is 3.22. The first kappa shape index (κ1) is 11.9. The molecule has 2 aromatic rings. The van der Waals surface area contributed by atoms with Crippen LogP contribution in [0, 0.1) is 0 Å². The van der Waals surface area contributed by atoms with Crippen LogP contribution in [0.2, 0.25) is 0 Å². The van der Waals surface area contributed by atoms with Gasteiger partial charge in [0.15, 0.2) is 5.78 Å². The van der Waals surface area contributed by atoms with Crippen molar-refractivity contribution >= 4 is 27.4 Å². The summed E-state index contributed by atoms with van der Waals surface area (Å²) >= 11 is 3.39. The Kier molecular flexibility index (Phi) is 3.59. The Bertz CT molecular complexity index is 551. The Labute approximate surface area is 109 Å². The first-order valence-electron chi connectivity index (χ1n) is 5.29. The Morgan fingerprint density at radius 1 is 1.12 bits per heavy atom. The summed E-state index contributed by atoms with van der Waals surface area (Å²) in [5.41, 5.74) is 2.30. The Morgan fingerprint density at radius 3 is 2.59 bits per heavy atom. The Hall–Kier alpha value is -1.61. The fraction of sp³-hybridized carbons (Fsp3) is 0.0714. The van der Waals surface area contributed by atoms with E-state index in [-0.39, 0.29) is 5.78 Å². The minimum atomic E-state index is 0.0228. The van der Waals surface area contributed by atoms with Gasteiger partial charge in [0.05, 0.1) is 0 Å². The zero-order chi connectivity index (χ0) is 12.3. The van der Waals surface area contributed by atoms with Crippen LogP contribution >= 0.6 is 15.9 Å². The van der Waals surface area contributed by atoms with Crippen LogP contribution in [0.15, 0.2) is 53.0 Å². The van der Waals surface area contributed by atoms with Crippen molar-refractivity contribution in [2.45, 2.75) is 0 Å². The van der Waals surface area contributed by atoms with E-state index in [4.69, 9.17) is 0 Å². The van der Waals surface area contributed by atoms with Crippen LogP contribution in [0.5, 0.6) is 0 Å². The fourth-order valence-corrected chi connectivity index (χ4v) is 2.08. The van der Waals surface area contributed by atoms with Gasteiger partial charge in [0.2, 0.25) is 0 Å². The maximum absolute atomic E-state index is 12.3. The van der Waals surface area contributed by atoms with E-state index in [9.17, 15) is 4.79 Å². The van der Waals surface area contributed by atoms with Crippen molar-refractivity contribution in [3.8, 4) is 0 Å². The summed E-state index contributed by atoms with van der Waals surface area (Å²) < 4.78 is 0.819. The first-order valence-corrected chi connectivity index (χ1v) is 6.08. The van der Waals surface area contributed by atoms with Crippen LogP contribution in [-0.2, 0) is 0 Å². The van der Waals surface area contributed by atoms with Gasteiger partial charge >= 0.3 is 0 Å². The van der Waals surface area contributed by atoms with Crippen molar-refractivity contribution in [3.63, 3.8) is 0 Å². The molecule has 0 aliphatic carbocycles. The van der Waals surface area contributed by atoms with E-state index >= 15 is 0 Å². The molecule has 0 spiro atoms. The molecule has 0 amide bonds. The van der Waals surface area contributed by atoms with Crippen molar-refractivity contribution in [2.75, 3.05) is 12.4 Å². The van der Waals surface area contributed by atoms with Gasteiger partial charge in [0, 0.05) is 28.3 Å². The van der Waals surface area contributed by atoms with Gasteiger partial charge in [-0.25, -0.2) is 0 Å². The van der Waals surface area contributed by atoms with Crippen molar-refractivity contribution in [1.82, 2.24) is 0 Å². The third kappa shape index (κ3) is 2.56. The summed E-state index contributed by atoms with van der Waals surface area (Å²) in [4.78, 5) is 12.3. The van der Waals surface area contributed by atoms with Crippen LogP contribution in [0.25, 0.3) is 0 Å². The van der Waals surface area contributed by atoms with Crippen molar-refractivity contribution in [2.24, 2.45) is 0 Å². The molecule has 0 fully saturated rings. The molecule has 3 heteroatoms. The average Bonchev–Trinajstić information content (AvgIpc) is 2.38. The number of nitrogens with one attached hydrogen (secondary N) is 1. The van der Waals surface area contributed by atoms with E-state index in [1.54, 1.807) is 0 Å². The van der Waals surface area contributed by atoms with E-state index in [2.05, 4.69) is 21.2 Å². The van der Waals surface area contributed by atoms with E-state index in [0.29, 0.717) is 11.1 Å². The Balaban J connectivity index is 2.40. The van der Waals surface area contributed by atoms with Crippen LogP contribution < -0.4 is 5.32 Å². The zero-order valence-electron chi connectivity index (χ0n) is 9.41. The second-order valence-electron chi connectivity index (χ2n) is 3.64. The summed E-state index contributed by atoms with van der Waals surface area (Å²) in [6.07, 6.45) is 0. The molecule has 0 radical (unpaired) electrons. The summed E-state index contributed by atoms with van der Waals surface area (Å²) in [6.45, 7) is 0. The number of ketones is 1. The van der Waals surface area contributed by atoms with Gasteiger partial charge < -0.3 is 5.32 Å². The van der Waals surface area contributed by atoms with Crippen molar-refractivity contribution in [3.05, 3.63) is 64.1 Å². The molecule has 86 valence electrons. The molecule has 0 saturated heterocycles. The minimum Gasteiger partial charge on any atom is -0.388 e. The lowest BCUT2D eigenvalue weighted by atomic mass is 10.0. The molecule has 2 aromatic carbocycles. The highest BCUT2D eigenvalue weighted by Crippen LogP contribution is 2.21. The average molecular weight is 290 g/mol. The number of hydrogen-bond acceptors (Lipinski definition) is 2. The van der Waals surface area contributed by atoms with Gasteiger partial charge in [0.1, 0.15) is 0 Å². The molecule has 1 N–H and O–H groups in total. The van der Waals surface area contributed by atoms with Crippen molar-refractivity contribution in [1.29, 1.82) is 0 Å². The quantitative estimate of drug-likeness (QED) is 0.873. The van der Waals surface area contributed by atoms with Crippen LogP contribution in [0.4, 0.5) is 5.69 Å². The topological polar surface area (TPSA) is 29.1 Å². The Morgan fingerprint density at radius 2 is 1.88 bits per heavy atom. The standard InChI is InChI=1S/C14H12BrNO/c1-16-11-6-4-5-10(9-11)14(17)12-7-2-3-8-13(12)15/h2-9,16H,1H3. The molecule has 17 heavy (non-hydrogen) atoms. The highest BCUT2D eigenvalue weighted by molar-refractivity contribution is 9.10. The van der Waals surface area contributed by atoms with E-state index in [1.165, 1.54) is 0 Å². The molecule has 0 atom stereocenters. The normalized spacial score (nSPS) is 10.0. The number of halogens is 1. The van der Waals surface area contributed by atoms with Gasteiger partial charge in [-0.3, -0.25) is 4.79 Å².